The van der Waals surface area contributed by atoms with Crippen molar-refractivity contribution in [3.8, 4) is 0 Å². The van der Waals surface area contributed by atoms with E-state index in [1.165, 1.54) is 0 Å². The molecule has 0 bridgehead atoms. The van der Waals surface area contributed by atoms with E-state index in [4.69, 9.17) is 4.74 Å². The van der Waals surface area contributed by atoms with Crippen LogP contribution in [0.1, 0.15) is 33.6 Å². The average molecular weight is 214 g/mol. The van der Waals surface area contributed by atoms with Gasteiger partial charge in [0.1, 0.15) is 0 Å². The van der Waals surface area contributed by atoms with Crippen molar-refractivity contribution < 1.29 is 9.53 Å². The minimum absolute atomic E-state index is 0.163. The van der Waals surface area contributed by atoms with Gasteiger partial charge in [-0.15, -0.1) is 0 Å². The Morgan fingerprint density at radius 3 is 2.93 bits per heavy atom. The van der Waals surface area contributed by atoms with Gasteiger partial charge in [0.2, 0.25) is 0 Å². The highest BCUT2D eigenvalue weighted by Crippen LogP contribution is 2.08. The topological polar surface area (TPSA) is 41.6 Å². The van der Waals surface area contributed by atoms with E-state index in [1.54, 1.807) is 0 Å². The third-order valence-electron chi connectivity index (χ3n) is 2.72. The van der Waals surface area contributed by atoms with Gasteiger partial charge in [-0.25, -0.2) is 4.79 Å². The molecule has 1 heterocycles. The number of piperazine rings is 1. The van der Waals surface area contributed by atoms with Crippen molar-refractivity contribution in [2.45, 2.75) is 45.7 Å². The van der Waals surface area contributed by atoms with Crippen LogP contribution in [0, 0.1) is 0 Å². The second kappa shape index (κ2) is 5.95. The molecule has 2 atom stereocenters. The molecule has 1 N–H and O–H groups in total. The molecule has 1 rings (SSSR count). The number of hydrogen-bond donors (Lipinski definition) is 1. The minimum atomic E-state index is -0.163. The van der Waals surface area contributed by atoms with E-state index in [0.717, 1.165) is 25.9 Å². The van der Waals surface area contributed by atoms with Gasteiger partial charge in [-0.1, -0.05) is 13.3 Å². The largest absolute Gasteiger partial charge is 0.449 e. The second-order valence-corrected chi connectivity index (χ2v) is 4.28. The monoisotopic (exact) mass is 214 g/mol. The molecule has 15 heavy (non-hydrogen) atoms. The maximum absolute atomic E-state index is 11.7. The fourth-order valence-corrected chi connectivity index (χ4v) is 1.66. The summed E-state index contributed by atoms with van der Waals surface area (Å²) < 4.78 is 5.20. The van der Waals surface area contributed by atoms with E-state index in [0.29, 0.717) is 12.6 Å². The number of ether oxygens (including phenoxy) is 1. The summed E-state index contributed by atoms with van der Waals surface area (Å²) in [4.78, 5) is 13.5. The third-order valence-corrected chi connectivity index (χ3v) is 2.72. The number of rotatable bonds is 3. The van der Waals surface area contributed by atoms with Gasteiger partial charge in [-0.2, -0.15) is 0 Å². The molecule has 88 valence electrons. The van der Waals surface area contributed by atoms with Crippen molar-refractivity contribution in [2.24, 2.45) is 0 Å². The van der Waals surface area contributed by atoms with Crippen LogP contribution in [0.25, 0.3) is 0 Å². The molecule has 1 fully saturated rings. The molecule has 1 aliphatic rings. The summed E-state index contributed by atoms with van der Waals surface area (Å²) in [5.74, 6) is 0. The second-order valence-electron chi connectivity index (χ2n) is 4.28. The van der Waals surface area contributed by atoms with Crippen LogP contribution in [0.15, 0.2) is 0 Å². The zero-order valence-electron chi connectivity index (χ0n) is 9.95. The van der Waals surface area contributed by atoms with Crippen LogP contribution in [0.3, 0.4) is 0 Å². The Hall–Kier alpha value is -0.770. The van der Waals surface area contributed by atoms with Gasteiger partial charge >= 0.3 is 6.09 Å². The van der Waals surface area contributed by atoms with Gasteiger partial charge in [-0.05, 0) is 20.3 Å². The molecule has 0 radical (unpaired) electrons. The first-order valence-electron chi connectivity index (χ1n) is 5.82. The molecule has 0 aromatic carbocycles. The molecule has 4 heteroatoms. The lowest BCUT2D eigenvalue weighted by Crippen LogP contribution is -2.56. The molecule has 0 spiro atoms. The van der Waals surface area contributed by atoms with E-state index in [1.807, 2.05) is 11.8 Å². The van der Waals surface area contributed by atoms with Gasteiger partial charge < -0.3 is 15.0 Å². The van der Waals surface area contributed by atoms with Crippen LogP contribution in [0.2, 0.25) is 0 Å². The van der Waals surface area contributed by atoms with Gasteiger partial charge in [-0.3, -0.25) is 0 Å². The maximum atomic E-state index is 11.7. The predicted octanol–water partition coefficient (Wildman–Crippen LogP) is 1.61. The van der Waals surface area contributed by atoms with Crippen LogP contribution in [-0.4, -0.2) is 42.8 Å². The van der Waals surface area contributed by atoms with Crippen molar-refractivity contribution in [3.63, 3.8) is 0 Å². The van der Waals surface area contributed by atoms with Crippen molar-refractivity contribution in [1.82, 2.24) is 10.2 Å². The van der Waals surface area contributed by atoms with Crippen LogP contribution in [0.4, 0.5) is 4.79 Å². The van der Waals surface area contributed by atoms with E-state index in [9.17, 15) is 4.79 Å². The highest BCUT2D eigenvalue weighted by atomic mass is 16.6. The number of carbonyl (C=O) groups is 1. The molecule has 0 aromatic rings. The lowest BCUT2D eigenvalue weighted by Gasteiger charge is -2.36. The van der Waals surface area contributed by atoms with E-state index in [2.05, 4.69) is 19.2 Å². The summed E-state index contributed by atoms with van der Waals surface area (Å²) in [6.45, 7) is 8.35. The van der Waals surface area contributed by atoms with Crippen molar-refractivity contribution in [3.05, 3.63) is 0 Å². The summed E-state index contributed by atoms with van der Waals surface area (Å²) in [7, 11) is 0. The molecular weight excluding hydrogens is 192 g/mol. The SMILES string of the molecule is CCCCOC(=O)N1CC(C)NCC1C. The molecule has 4 nitrogen and oxygen atoms in total. The average Bonchev–Trinajstić information content (AvgIpc) is 2.22. The summed E-state index contributed by atoms with van der Waals surface area (Å²) in [5, 5.41) is 3.33. The number of nitrogens with zero attached hydrogens (tertiary/aromatic N) is 1. The number of hydrogen-bond acceptors (Lipinski definition) is 3. The molecule has 2 unspecified atom stereocenters. The third kappa shape index (κ3) is 3.70. The zero-order valence-corrected chi connectivity index (χ0v) is 9.95. The van der Waals surface area contributed by atoms with Crippen LogP contribution in [-0.2, 0) is 4.74 Å². The minimum Gasteiger partial charge on any atom is -0.449 e. The van der Waals surface area contributed by atoms with Crippen molar-refractivity contribution in [2.75, 3.05) is 19.7 Å². The number of nitrogens with one attached hydrogen (secondary N) is 1. The van der Waals surface area contributed by atoms with E-state index >= 15 is 0 Å². The lowest BCUT2D eigenvalue weighted by atomic mass is 10.1. The Labute approximate surface area is 92.0 Å². The smallest absolute Gasteiger partial charge is 0.410 e. The first-order valence-corrected chi connectivity index (χ1v) is 5.82. The number of carbonyl (C=O) groups excluding carboxylic acids is 1. The molecule has 1 aliphatic heterocycles. The van der Waals surface area contributed by atoms with Gasteiger partial charge in [0.15, 0.2) is 0 Å². The molecule has 0 aliphatic carbocycles. The Kier molecular flexibility index (Phi) is 4.88. The highest BCUT2D eigenvalue weighted by molar-refractivity contribution is 5.68. The molecule has 1 amide bonds. The molecule has 1 saturated heterocycles. The fourth-order valence-electron chi connectivity index (χ4n) is 1.66. The van der Waals surface area contributed by atoms with E-state index in [-0.39, 0.29) is 12.1 Å². The standard InChI is InChI=1S/C11H22N2O2/c1-4-5-6-15-11(14)13-8-9(2)12-7-10(13)3/h9-10,12H,4-8H2,1-3H3. The van der Waals surface area contributed by atoms with Crippen molar-refractivity contribution >= 4 is 6.09 Å². The van der Waals surface area contributed by atoms with Gasteiger partial charge in [0, 0.05) is 25.2 Å². The maximum Gasteiger partial charge on any atom is 0.410 e. The Balaban J connectivity index is 2.35. The Bertz CT molecular complexity index is 209. The number of amides is 1. The molecule has 0 saturated carbocycles. The van der Waals surface area contributed by atoms with Crippen molar-refractivity contribution in [1.29, 1.82) is 0 Å². The zero-order chi connectivity index (χ0) is 11.3. The van der Waals surface area contributed by atoms with Crippen LogP contribution >= 0.6 is 0 Å². The number of unbranched alkanes of at least 4 members (excludes halogenated alkanes) is 1. The quantitative estimate of drug-likeness (QED) is 0.726. The molecule has 0 aromatic heterocycles. The lowest BCUT2D eigenvalue weighted by molar-refractivity contribution is 0.0727. The summed E-state index contributed by atoms with van der Waals surface area (Å²) in [5.41, 5.74) is 0. The summed E-state index contributed by atoms with van der Waals surface area (Å²) in [6, 6.07) is 0.593. The highest BCUT2D eigenvalue weighted by Gasteiger charge is 2.27. The Morgan fingerprint density at radius 2 is 2.27 bits per heavy atom. The summed E-state index contributed by atoms with van der Waals surface area (Å²) in [6.07, 6.45) is 1.84. The molecular formula is C11H22N2O2. The van der Waals surface area contributed by atoms with Crippen LogP contribution < -0.4 is 5.32 Å². The predicted molar refractivity (Wildman–Crippen MR) is 59.9 cm³/mol. The first-order chi connectivity index (χ1) is 7.15. The summed E-state index contributed by atoms with van der Waals surface area (Å²) >= 11 is 0. The first kappa shape index (κ1) is 12.3. The normalized spacial score (nSPS) is 26.5. The fraction of sp³-hybridized carbons (Fsp3) is 0.909. The van der Waals surface area contributed by atoms with Gasteiger partial charge in [0.05, 0.1) is 6.61 Å². The van der Waals surface area contributed by atoms with E-state index < -0.39 is 0 Å². The Morgan fingerprint density at radius 1 is 1.53 bits per heavy atom. The van der Waals surface area contributed by atoms with Gasteiger partial charge in [0.25, 0.3) is 0 Å². The van der Waals surface area contributed by atoms with Crippen LogP contribution in [0.5, 0.6) is 0 Å².